The first kappa shape index (κ1) is 16.1. The molecule has 2 aromatic rings. The molecule has 5 nitrogen and oxygen atoms in total. The lowest BCUT2D eigenvalue weighted by Gasteiger charge is -2.18. The number of ether oxygens (including phenoxy) is 2. The second-order valence-electron chi connectivity index (χ2n) is 5.68. The molecule has 1 heterocycles. The Kier molecular flexibility index (Phi) is 4.51. The van der Waals surface area contributed by atoms with Crippen molar-refractivity contribution in [2.75, 3.05) is 13.7 Å². The van der Waals surface area contributed by atoms with E-state index in [4.69, 9.17) is 9.47 Å². The Labute approximate surface area is 139 Å². The zero-order valence-electron chi connectivity index (χ0n) is 13.4. The van der Waals surface area contributed by atoms with Crippen molar-refractivity contribution in [2.24, 2.45) is 0 Å². The average Bonchev–Trinajstić information content (AvgIpc) is 2.61. The van der Waals surface area contributed by atoms with Gasteiger partial charge in [-0.1, -0.05) is 0 Å². The Balaban J connectivity index is 1.77. The van der Waals surface area contributed by atoms with Gasteiger partial charge in [0.25, 0.3) is 0 Å². The van der Waals surface area contributed by atoms with Crippen LogP contribution in [0, 0.1) is 0 Å². The van der Waals surface area contributed by atoms with Gasteiger partial charge in [-0.2, -0.15) is 0 Å². The number of fused-ring (bicyclic) bond motifs is 1. The zero-order chi connectivity index (χ0) is 17.1. The lowest BCUT2D eigenvalue weighted by molar-refractivity contribution is 0.0892. The van der Waals surface area contributed by atoms with E-state index in [-0.39, 0.29) is 23.5 Å². The van der Waals surface area contributed by atoms with Crippen molar-refractivity contribution in [3.63, 3.8) is 0 Å². The van der Waals surface area contributed by atoms with E-state index in [0.717, 1.165) is 18.4 Å². The first-order chi connectivity index (χ1) is 11.6. The molecule has 0 unspecified atom stereocenters. The van der Waals surface area contributed by atoms with Gasteiger partial charge in [-0.05, 0) is 54.8 Å². The summed E-state index contributed by atoms with van der Waals surface area (Å²) in [5.74, 6) is 0.416. The number of benzene rings is 2. The quantitative estimate of drug-likeness (QED) is 0.675. The number of aromatic hydroxyl groups is 1. The third-order valence-electron chi connectivity index (χ3n) is 4.06. The summed E-state index contributed by atoms with van der Waals surface area (Å²) in [5, 5.41) is 10.1. The maximum absolute atomic E-state index is 12.4. The third kappa shape index (κ3) is 3.25. The number of phenols is 1. The van der Waals surface area contributed by atoms with Crippen molar-refractivity contribution in [3.05, 3.63) is 53.1 Å². The summed E-state index contributed by atoms with van der Waals surface area (Å²) in [5.41, 5.74) is 1.44. The number of carbonyl (C=O) groups is 2. The van der Waals surface area contributed by atoms with E-state index in [1.807, 2.05) is 0 Å². The molecule has 0 amide bonds. The van der Waals surface area contributed by atoms with Crippen LogP contribution < -0.4 is 9.47 Å². The van der Waals surface area contributed by atoms with Gasteiger partial charge in [-0.15, -0.1) is 0 Å². The van der Waals surface area contributed by atoms with E-state index in [2.05, 4.69) is 0 Å². The summed E-state index contributed by atoms with van der Waals surface area (Å²) >= 11 is 0. The van der Waals surface area contributed by atoms with Crippen molar-refractivity contribution in [1.29, 1.82) is 0 Å². The molecule has 0 bridgehead atoms. The van der Waals surface area contributed by atoms with Crippen molar-refractivity contribution >= 4 is 11.6 Å². The Morgan fingerprint density at radius 3 is 2.62 bits per heavy atom. The molecule has 0 fully saturated rings. The molecule has 2 aromatic carbocycles. The number of hydrogen-bond donors (Lipinski definition) is 1. The Morgan fingerprint density at radius 1 is 1.17 bits per heavy atom. The van der Waals surface area contributed by atoms with Gasteiger partial charge in [0.15, 0.2) is 11.6 Å². The molecule has 1 aliphatic rings. The van der Waals surface area contributed by atoms with Gasteiger partial charge in [0.05, 0.1) is 25.7 Å². The number of methoxy groups -OCH3 is 1. The molecule has 0 aromatic heterocycles. The van der Waals surface area contributed by atoms with Crippen LogP contribution in [0.2, 0.25) is 0 Å². The highest BCUT2D eigenvalue weighted by molar-refractivity contribution is 6.14. The fraction of sp³-hybridized carbons (Fsp3) is 0.263. The largest absolute Gasteiger partial charge is 0.507 e. The Bertz CT molecular complexity index is 777. The lowest BCUT2D eigenvalue weighted by atomic mass is 9.97. The second-order valence-corrected chi connectivity index (χ2v) is 5.68. The minimum atomic E-state index is -0.426. The molecule has 0 saturated heterocycles. The number of phenolic OH excluding ortho intramolecular Hbond substituents is 1. The number of aryl methyl sites for hydroxylation is 1. The Morgan fingerprint density at radius 2 is 1.92 bits per heavy atom. The van der Waals surface area contributed by atoms with Crippen LogP contribution >= 0.6 is 0 Å². The smallest absolute Gasteiger partial charge is 0.174 e. The number of carbonyl (C=O) groups excluding carboxylic acids is 2. The van der Waals surface area contributed by atoms with Crippen LogP contribution in [-0.2, 0) is 6.42 Å². The molecule has 1 N–H and O–H groups in total. The van der Waals surface area contributed by atoms with Gasteiger partial charge in [0.2, 0.25) is 0 Å². The molecular weight excluding hydrogens is 308 g/mol. The first-order valence-corrected chi connectivity index (χ1v) is 7.77. The van der Waals surface area contributed by atoms with Crippen molar-refractivity contribution in [2.45, 2.75) is 19.3 Å². The van der Waals surface area contributed by atoms with Gasteiger partial charge in [0.1, 0.15) is 17.2 Å². The molecule has 0 radical (unpaired) electrons. The van der Waals surface area contributed by atoms with Crippen LogP contribution in [0.25, 0.3) is 0 Å². The third-order valence-corrected chi connectivity index (χ3v) is 4.06. The zero-order valence-corrected chi connectivity index (χ0v) is 13.4. The van der Waals surface area contributed by atoms with E-state index in [1.165, 1.54) is 6.07 Å². The monoisotopic (exact) mass is 326 g/mol. The lowest BCUT2D eigenvalue weighted by Crippen LogP contribution is -2.12. The fourth-order valence-electron chi connectivity index (χ4n) is 2.73. The molecular formula is C19H18O5. The van der Waals surface area contributed by atoms with Gasteiger partial charge in [-0.25, -0.2) is 0 Å². The molecule has 0 spiro atoms. The highest BCUT2D eigenvalue weighted by Crippen LogP contribution is 2.32. The molecule has 24 heavy (non-hydrogen) atoms. The van der Waals surface area contributed by atoms with Crippen LogP contribution in [0.5, 0.6) is 17.2 Å². The van der Waals surface area contributed by atoms with Crippen molar-refractivity contribution in [3.8, 4) is 17.2 Å². The molecule has 0 aliphatic carbocycles. The van der Waals surface area contributed by atoms with Crippen LogP contribution in [-0.4, -0.2) is 30.4 Å². The number of rotatable bonds is 5. The summed E-state index contributed by atoms with van der Waals surface area (Å²) in [4.78, 5) is 24.7. The first-order valence-electron chi connectivity index (χ1n) is 7.77. The van der Waals surface area contributed by atoms with Crippen LogP contribution in [0.1, 0.15) is 39.1 Å². The Hall–Kier alpha value is -2.82. The predicted octanol–water partition coefficient (Wildman–Crippen LogP) is 3.18. The molecule has 5 heteroatoms. The van der Waals surface area contributed by atoms with Crippen LogP contribution in [0.15, 0.2) is 36.4 Å². The minimum Gasteiger partial charge on any atom is -0.507 e. The van der Waals surface area contributed by atoms with E-state index >= 15 is 0 Å². The van der Waals surface area contributed by atoms with Crippen LogP contribution in [0.4, 0.5) is 0 Å². The molecule has 3 rings (SSSR count). The summed E-state index contributed by atoms with van der Waals surface area (Å²) in [6, 6.07) is 9.66. The average molecular weight is 326 g/mol. The van der Waals surface area contributed by atoms with Gasteiger partial charge in [-0.3, -0.25) is 9.59 Å². The SMILES string of the molecule is COc1ccc(C(=O)CC(=O)c2cc3c(cc2O)CCCO3)cc1. The van der Waals surface area contributed by atoms with Gasteiger partial charge < -0.3 is 14.6 Å². The number of ketones is 2. The maximum atomic E-state index is 12.4. The van der Waals surface area contributed by atoms with Crippen molar-refractivity contribution in [1.82, 2.24) is 0 Å². The summed E-state index contributed by atoms with van der Waals surface area (Å²) < 4.78 is 10.6. The molecule has 0 saturated carbocycles. The second kappa shape index (κ2) is 6.74. The van der Waals surface area contributed by atoms with E-state index in [9.17, 15) is 14.7 Å². The normalized spacial score (nSPS) is 12.9. The van der Waals surface area contributed by atoms with E-state index < -0.39 is 5.78 Å². The fourth-order valence-corrected chi connectivity index (χ4v) is 2.73. The van der Waals surface area contributed by atoms with Gasteiger partial charge in [0, 0.05) is 5.56 Å². The topological polar surface area (TPSA) is 72.8 Å². The highest BCUT2D eigenvalue weighted by Gasteiger charge is 2.21. The van der Waals surface area contributed by atoms with E-state index in [0.29, 0.717) is 23.7 Å². The maximum Gasteiger partial charge on any atom is 0.174 e. The number of hydrogen-bond acceptors (Lipinski definition) is 5. The van der Waals surface area contributed by atoms with Gasteiger partial charge >= 0.3 is 0 Å². The highest BCUT2D eigenvalue weighted by atomic mass is 16.5. The molecule has 124 valence electrons. The molecule has 1 aliphatic heterocycles. The predicted molar refractivity (Wildman–Crippen MR) is 88.2 cm³/mol. The molecule has 0 atom stereocenters. The summed E-state index contributed by atoms with van der Waals surface area (Å²) in [6.07, 6.45) is 1.39. The number of Topliss-reactive ketones (excluding diaryl/α,β-unsaturated/α-hetero) is 2. The van der Waals surface area contributed by atoms with Crippen LogP contribution in [0.3, 0.4) is 0 Å². The summed E-state index contributed by atoms with van der Waals surface area (Å²) in [6.45, 7) is 0.593. The standard InChI is InChI=1S/C19H18O5/c1-23-14-6-4-12(5-7-14)16(20)11-18(22)15-10-19-13(9-17(15)21)3-2-8-24-19/h4-7,9-10,21H,2-3,8,11H2,1H3. The van der Waals surface area contributed by atoms with Crippen molar-refractivity contribution < 1.29 is 24.2 Å². The van der Waals surface area contributed by atoms with E-state index in [1.54, 1.807) is 37.4 Å². The minimum absolute atomic E-state index is 0.105. The summed E-state index contributed by atoms with van der Waals surface area (Å²) in [7, 11) is 1.54.